The summed E-state index contributed by atoms with van der Waals surface area (Å²) in [7, 11) is 1.63. The SMILES string of the molecule is COCCCn1c(SC(C)C(=O)N2CCc3sccc3C2)n[nH]c1=O. The number of nitrogens with zero attached hydrogens (tertiary/aromatic N) is 3. The lowest BCUT2D eigenvalue weighted by Crippen LogP contribution is -2.39. The second-order valence-electron chi connectivity index (χ2n) is 5.95. The Kier molecular flexibility index (Phi) is 5.98. The number of carbonyl (C=O) groups is 1. The number of methoxy groups -OCH3 is 1. The van der Waals surface area contributed by atoms with Gasteiger partial charge >= 0.3 is 5.69 Å². The number of rotatable bonds is 7. The van der Waals surface area contributed by atoms with Crippen molar-refractivity contribution in [3.05, 3.63) is 32.4 Å². The molecule has 2 aromatic rings. The maximum Gasteiger partial charge on any atom is 0.343 e. The third-order valence-corrected chi connectivity index (χ3v) is 6.30. The lowest BCUT2D eigenvalue weighted by atomic mass is 10.1. The number of thiophene rings is 1. The van der Waals surface area contributed by atoms with Crippen LogP contribution in [-0.4, -0.2) is 51.1 Å². The summed E-state index contributed by atoms with van der Waals surface area (Å²) >= 11 is 3.08. The van der Waals surface area contributed by atoms with Crippen LogP contribution in [0.3, 0.4) is 0 Å². The van der Waals surface area contributed by atoms with E-state index in [0.29, 0.717) is 24.9 Å². The fourth-order valence-corrected chi connectivity index (χ4v) is 4.72. The highest BCUT2D eigenvalue weighted by Gasteiger charge is 2.27. The number of aromatic nitrogens is 3. The number of amides is 1. The van der Waals surface area contributed by atoms with E-state index in [1.54, 1.807) is 23.0 Å². The van der Waals surface area contributed by atoms with Gasteiger partial charge in [0, 0.05) is 38.2 Å². The number of fused-ring (bicyclic) bond motifs is 1. The molecule has 136 valence electrons. The molecule has 1 aliphatic heterocycles. The first-order valence-corrected chi connectivity index (χ1v) is 10.0. The molecule has 0 aromatic carbocycles. The molecule has 1 unspecified atom stereocenters. The number of aromatic amines is 1. The van der Waals surface area contributed by atoms with Gasteiger partial charge in [0.2, 0.25) is 5.91 Å². The summed E-state index contributed by atoms with van der Waals surface area (Å²) in [6.07, 6.45) is 1.64. The van der Waals surface area contributed by atoms with Crippen molar-refractivity contribution >= 4 is 29.0 Å². The first-order chi connectivity index (χ1) is 12.1. The lowest BCUT2D eigenvalue weighted by molar-refractivity contribution is -0.131. The molecule has 25 heavy (non-hydrogen) atoms. The van der Waals surface area contributed by atoms with Crippen LogP contribution in [0, 0.1) is 0 Å². The Balaban J connectivity index is 1.63. The van der Waals surface area contributed by atoms with Crippen LogP contribution in [0.4, 0.5) is 0 Å². The Labute approximate surface area is 154 Å². The quantitative estimate of drug-likeness (QED) is 0.583. The zero-order valence-electron chi connectivity index (χ0n) is 14.4. The number of nitrogens with one attached hydrogen (secondary N) is 1. The molecule has 2 aromatic heterocycles. The molecule has 0 saturated carbocycles. The van der Waals surface area contributed by atoms with Gasteiger partial charge in [-0.3, -0.25) is 9.36 Å². The Hall–Kier alpha value is -1.58. The minimum atomic E-state index is -0.295. The molecule has 3 rings (SSSR count). The van der Waals surface area contributed by atoms with Crippen LogP contribution in [0.1, 0.15) is 23.8 Å². The van der Waals surface area contributed by atoms with Gasteiger partial charge in [-0.05, 0) is 36.8 Å². The summed E-state index contributed by atoms with van der Waals surface area (Å²) in [6.45, 7) is 4.39. The van der Waals surface area contributed by atoms with Gasteiger partial charge in [0.1, 0.15) is 0 Å². The third-order valence-electron chi connectivity index (χ3n) is 4.20. The number of hydrogen-bond donors (Lipinski definition) is 1. The number of ether oxygens (including phenoxy) is 1. The molecule has 1 atom stereocenters. The standard InChI is InChI=1S/C16H22N4O3S2/c1-11(14(21)19-7-4-13-12(10-19)5-9-24-13)25-16-18-17-15(22)20(16)6-3-8-23-2/h5,9,11H,3-4,6-8,10H2,1-2H3,(H,17,22). The Morgan fingerprint density at radius 1 is 1.56 bits per heavy atom. The fourth-order valence-electron chi connectivity index (χ4n) is 2.86. The highest BCUT2D eigenvalue weighted by molar-refractivity contribution is 8.00. The fraction of sp³-hybridized carbons (Fsp3) is 0.562. The van der Waals surface area contributed by atoms with Crippen LogP contribution >= 0.6 is 23.1 Å². The monoisotopic (exact) mass is 382 g/mol. The molecular formula is C16H22N4O3S2. The van der Waals surface area contributed by atoms with E-state index in [-0.39, 0.29) is 16.8 Å². The van der Waals surface area contributed by atoms with Crippen molar-refractivity contribution in [3.63, 3.8) is 0 Å². The maximum atomic E-state index is 12.8. The lowest BCUT2D eigenvalue weighted by Gasteiger charge is -2.29. The largest absolute Gasteiger partial charge is 0.385 e. The highest BCUT2D eigenvalue weighted by Crippen LogP contribution is 2.27. The smallest absolute Gasteiger partial charge is 0.343 e. The van der Waals surface area contributed by atoms with Crippen LogP contribution in [0.15, 0.2) is 21.4 Å². The number of carbonyl (C=O) groups excluding carboxylic acids is 1. The molecule has 1 N–H and O–H groups in total. The van der Waals surface area contributed by atoms with Crippen LogP contribution in [0.25, 0.3) is 0 Å². The van der Waals surface area contributed by atoms with Crippen molar-refractivity contribution in [1.29, 1.82) is 0 Å². The van der Waals surface area contributed by atoms with E-state index in [1.165, 1.54) is 22.2 Å². The first kappa shape index (κ1) is 18.2. The van der Waals surface area contributed by atoms with E-state index >= 15 is 0 Å². The Morgan fingerprint density at radius 3 is 3.20 bits per heavy atom. The zero-order valence-corrected chi connectivity index (χ0v) is 16.0. The van der Waals surface area contributed by atoms with Crippen LogP contribution in [0.5, 0.6) is 0 Å². The van der Waals surface area contributed by atoms with Crippen molar-refractivity contribution < 1.29 is 9.53 Å². The van der Waals surface area contributed by atoms with Crippen LogP contribution in [0.2, 0.25) is 0 Å². The molecule has 0 saturated heterocycles. The van der Waals surface area contributed by atoms with Crippen LogP contribution < -0.4 is 5.69 Å². The van der Waals surface area contributed by atoms with Gasteiger partial charge in [-0.15, -0.1) is 16.4 Å². The van der Waals surface area contributed by atoms with Crippen molar-refractivity contribution in [3.8, 4) is 0 Å². The van der Waals surface area contributed by atoms with E-state index < -0.39 is 0 Å². The van der Waals surface area contributed by atoms with Crippen molar-refractivity contribution in [1.82, 2.24) is 19.7 Å². The van der Waals surface area contributed by atoms with Crippen molar-refractivity contribution in [2.45, 2.75) is 43.3 Å². The predicted molar refractivity (Wildman–Crippen MR) is 98.1 cm³/mol. The predicted octanol–water partition coefficient (Wildman–Crippen LogP) is 1.73. The summed E-state index contributed by atoms with van der Waals surface area (Å²) in [5, 5.41) is 8.88. The molecule has 7 nitrogen and oxygen atoms in total. The second kappa shape index (κ2) is 8.20. The highest BCUT2D eigenvalue weighted by atomic mass is 32.2. The van der Waals surface area contributed by atoms with Gasteiger partial charge in [0.05, 0.1) is 5.25 Å². The first-order valence-electron chi connectivity index (χ1n) is 8.25. The molecule has 1 aliphatic rings. The van der Waals surface area contributed by atoms with Gasteiger partial charge in [-0.25, -0.2) is 9.89 Å². The number of thioether (sulfide) groups is 1. The molecule has 0 fully saturated rings. The van der Waals surface area contributed by atoms with E-state index in [2.05, 4.69) is 21.6 Å². The molecule has 0 radical (unpaired) electrons. The summed E-state index contributed by atoms with van der Waals surface area (Å²) in [4.78, 5) is 27.9. The summed E-state index contributed by atoms with van der Waals surface area (Å²) in [6, 6.07) is 2.10. The van der Waals surface area contributed by atoms with Crippen LogP contribution in [-0.2, 0) is 29.0 Å². The summed E-state index contributed by atoms with van der Waals surface area (Å²) in [5.74, 6) is 0.0840. The summed E-state index contributed by atoms with van der Waals surface area (Å²) in [5.41, 5.74) is 0.997. The summed E-state index contributed by atoms with van der Waals surface area (Å²) < 4.78 is 6.60. The van der Waals surface area contributed by atoms with Gasteiger partial charge in [-0.1, -0.05) is 11.8 Å². The van der Waals surface area contributed by atoms with Gasteiger partial charge in [-0.2, -0.15) is 0 Å². The molecule has 0 bridgehead atoms. The average molecular weight is 383 g/mol. The Bertz CT molecular complexity index is 782. The molecule has 0 spiro atoms. The van der Waals surface area contributed by atoms with Crippen molar-refractivity contribution in [2.75, 3.05) is 20.3 Å². The Morgan fingerprint density at radius 2 is 2.40 bits per heavy atom. The number of H-pyrrole nitrogens is 1. The average Bonchev–Trinajstić information content (AvgIpc) is 3.21. The van der Waals surface area contributed by atoms with E-state index in [9.17, 15) is 9.59 Å². The normalized spacial score (nSPS) is 15.2. The van der Waals surface area contributed by atoms with Gasteiger partial charge in [0.15, 0.2) is 5.16 Å². The van der Waals surface area contributed by atoms with E-state index in [1.807, 2.05) is 11.8 Å². The number of hydrogen-bond acceptors (Lipinski definition) is 6. The van der Waals surface area contributed by atoms with E-state index in [4.69, 9.17) is 4.74 Å². The maximum absolute atomic E-state index is 12.8. The zero-order chi connectivity index (χ0) is 17.8. The molecule has 0 aliphatic carbocycles. The second-order valence-corrected chi connectivity index (χ2v) is 8.26. The topological polar surface area (TPSA) is 80.2 Å². The molecular weight excluding hydrogens is 360 g/mol. The third kappa shape index (κ3) is 4.16. The van der Waals surface area contributed by atoms with Gasteiger partial charge < -0.3 is 9.64 Å². The minimum Gasteiger partial charge on any atom is -0.385 e. The molecule has 1 amide bonds. The minimum absolute atomic E-state index is 0.0840. The molecule has 9 heteroatoms. The molecule has 3 heterocycles. The van der Waals surface area contributed by atoms with Gasteiger partial charge in [0.25, 0.3) is 0 Å². The van der Waals surface area contributed by atoms with E-state index in [0.717, 1.165) is 19.4 Å². The van der Waals surface area contributed by atoms with Crippen molar-refractivity contribution in [2.24, 2.45) is 0 Å².